The van der Waals surface area contributed by atoms with E-state index < -0.39 is 0 Å². The zero-order valence-electron chi connectivity index (χ0n) is 17.3. The molecule has 0 aromatic heterocycles. The van der Waals surface area contributed by atoms with E-state index in [1.807, 2.05) is 70.3 Å². The second-order valence-corrected chi connectivity index (χ2v) is 7.13. The first-order valence-corrected chi connectivity index (χ1v) is 9.40. The fraction of sp³-hybridized carbons (Fsp3) is 0.364. The van der Waals surface area contributed by atoms with Crippen molar-refractivity contribution in [3.63, 3.8) is 0 Å². The van der Waals surface area contributed by atoms with Crippen LogP contribution in [0.25, 0.3) is 0 Å². The lowest BCUT2D eigenvalue weighted by molar-refractivity contribution is -0.908. The van der Waals surface area contributed by atoms with E-state index >= 15 is 0 Å². The highest BCUT2D eigenvalue weighted by molar-refractivity contribution is 5.96. The van der Waals surface area contributed by atoms with Crippen LogP contribution in [0.3, 0.4) is 0 Å². The van der Waals surface area contributed by atoms with Crippen molar-refractivity contribution in [2.24, 2.45) is 0 Å². The standard InChI is InChI=1S/C22H29N3O3/c1-15-7-6-8-16(2)21(15)24-20(26)13-23-22(27)17(3)25(4)14-18-9-11-19(28-5)12-10-18/h6-12,17H,13-14H2,1-5H3,(H,23,27)(H,24,26)/p+1/t17-/m0/s1. The zero-order chi connectivity index (χ0) is 20.7. The largest absolute Gasteiger partial charge is 0.497 e. The van der Waals surface area contributed by atoms with Crippen molar-refractivity contribution in [3.8, 4) is 5.75 Å². The number of aryl methyl sites for hydroxylation is 2. The van der Waals surface area contributed by atoms with Gasteiger partial charge in [0, 0.05) is 11.3 Å². The second-order valence-electron chi connectivity index (χ2n) is 7.13. The number of benzene rings is 2. The second kappa shape index (κ2) is 9.90. The number of hydrogen-bond donors (Lipinski definition) is 3. The molecule has 2 aromatic rings. The highest BCUT2D eigenvalue weighted by Crippen LogP contribution is 2.19. The third-order valence-corrected chi connectivity index (χ3v) is 4.94. The number of ether oxygens (including phenoxy) is 1. The van der Waals surface area contributed by atoms with Gasteiger partial charge in [-0.05, 0) is 56.2 Å². The smallest absolute Gasteiger partial charge is 0.278 e. The van der Waals surface area contributed by atoms with Crippen molar-refractivity contribution in [2.75, 3.05) is 26.0 Å². The van der Waals surface area contributed by atoms with Gasteiger partial charge in [0.25, 0.3) is 5.91 Å². The van der Waals surface area contributed by atoms with Crippen LogP contribution in [0.2, 0.25) is 0 Å². The Bertz CT molecular complexity index is 798. The van der Waals surface area contributed by atoms with Gasteiger partial charge in [-0.2, -0.15) is 0 Å². The van der Waals surface area contributed by atoms with Crippen LogP contribution < -0.4 is 20.3 Å². The maximum Gasteiger partial charge on any atom is 0.278 e. The molecular formula is C22H30N3O3+. The van der Waals surface area contributed by atoms with Gasteiger partial charge in [-0.1, -0.05) is 18.2 Å². The van der Waals surface area contributed by atoms with Gasteiger partial charge >= 0.3 is 0 Å². The van der Waals surface area contributed by atoms with E-state index in [9.17, 15) is 9.59 Å². The minimum absolute atomic E-state index is 0.0488. The van der Waals surface area contributed by atoms with Crippen LogP contribution in [0.1, 0.15) is 23.6 Å². The highest BCUT2D eigenvalue weighted by atomic mass is 16.5. The Hall–Kier alpha value is -2.86. The van der Waals surface area contributed by atoms with E-state index in [2.05, 4.69) is 10.6 Å². The minimum atomic E-state index is -0.282. The van der Waals surface area contributed by atoms with Crippen LogP contribution in [0, 0.1) is 13.8 Å². The number of anilines is 1. The molecule has 2 aromatic carbocycles. The molecular weight excluding hydrogens is 354 g/mol. The molecule has 2 rings (SSSR count). The summed E-state index contributed by atoms with van der Waals surface area (Å²) in [7, 11) is 3.60. The Morgan fingerprint density at radius 2 is 1.68 bits per heavy atom. The molecule has 6 heteroatoms. The fourth-order valence-corrected chi connectivity index (χ4v) is 2.96. The van der Waals surface area contributed by atoms with Crippen LogP contribution in [0.5, 0.6) is 5.75 Å². The number of para-hydroxylation sites is 1. The predicted molar refractivity (Wildman–Crippen MR) is 111 cm³/mol. The average Bonchev–Trinajstić information content (AvgIpc) is 2.69. The summed E-state index contributed by atoms with van der Waals surface area (Å²) in [6.45, 7) is 6.40. The lowest BCUT2D eigenvalue weighted by atomic mass is 10.1. The maximum absolute atomic E-state index is 12.4. The minimum Gasteiger partial charge on any atom is -0.497 e. The average molecular weight is 385 g/mol. The van der Waals surface area contributed by atoms with Crippen LogP contribution in [0.4, 0.5) is 5.69 Å². The molecule has 0 bridgehead atoms. The van der Waals surface area contributed by atoms with Crippen molar-refractivity contribution in [1.29, 1.82) is 0 Å². The number of likely N-dealkylation sites (N-methyl/N-ethyl adjacent to an activating group) is 1. The Morgan fingerprint density at radius 1 is 1.07 bits per heavy atom. The summed E-state index contributed by atoms with van der Waals surface area (Å²) in [5.41, 5.74) is 3.91. The molecule has 2 atom stereocenters. The lowest BCUT2D eigenvalue weighted by Gasteiger charge is -2.21. The van der Waals surface area contributed by atoms with Gasteiger partial charge in [0.2, 0.25) is 5.91 Å². The molecule has 0 aliphatic rings. The zero-order valence-corrected chi connectivity index (χ0v) is 17.3. The van der Waals surface area contributed by atoms with Crippen molar-refractivity contribution in [2.45, 2.75) is 33.4 Å². The van der Waals surface area contributed by atoms with E-state index in [0.717, 1.165) is 33.0 Å². The van der Waals surface area contributed by atoms with Crippen LogP contribution >= 0.6 is 0 Å². The predicted octanol–water partition coefficient (Wildman–Crippen LogP) is 1.47. The third kappa shape index (κ3) is 5.82. The number of amides is 2. The van der Waals surface area contributed by atoms with Crippen LogP contribution in [-0.2, 0) is 16.1 Å². The number of hydrogen-bond acceptors (Lipinski definition) is 3. The Kier molecular flexibility index (Phi) is 7.58. The van der Waals surface area contributed by atoms with Gasteiger partial charge in [-0.25, -0.2) is 0 Å². The lowest BCUT2D eigenvalue weighted by Crippen LogP contribution is -3.12. The van der Waals surface area contributed by atoms with E-state index in [-0.39, 0.29) is 24.4 Å². The van der Waals surface area contributed by atoms with Gasteiger partial charge in [-0.3, -0.25) is 9.59 Å². The summed E-state index contributed by atoms with van der Waals surface area (Å²) in [5, 5.41) is 5.61. The molecule has 0 fully saturated rings. The quantitative estimate of drug-likeness (QED) is 0.645. The van der Waals surface area contributed by atoms with E-state index in [4.69, 9.17) is 4.74 Å². The third-order valence-electron chi connectivity index (χ3n) is 4.94. The normalized spacial score (nSPS) is 12.8. The molecule has 0 radical (unpaired) electrons. The first-order valence-electron chi connectivity index (χ1n) is 9.40. The van der Waals surface area contributed by atoms with Crippen molar-refractivity contribution in [1.82, 2.24) is 5.32 Å². The van der Waals surface area contributed by atoms with Crippen molar-refractivity contribution >= 4 is 17.5 Å². The molecule has 0 saturated carbocycles. The molecule has 0 spiro atoms. The van der Waals surface area contributed by atoms with Gasteiger partial charge in [0.1, 0.15) is 12.3 Å². The molecule has 1 unspecified atom stereocenters. The van der Waals surface area contributed by atoms with Gasteiger partial charge < -0.3 is 20.3 Å². The van der Waals surface area contributed by atoms with Gasteiger partial charge in [0.15, 0.2) is 6.04 Å². The molecule has 3 N–H and O–H groups in total. The summed E-state index contributed by atoms with van der Waals surface area (Å²) in [4.78, 5) is 25.7. The summed E-state index contributed by atoms with van der Waals surface area (Å²) in [5.74, 6) is 0.426. The van der Waals surface area contributed by atoms with E-state index in [1.165, 1.54) is 0 Å². The molecule has 6 nitrogen and oxygen atoms in total. The Balaban J connectivity index is 1.84. The van der Waals surface area contributed by atoms with E-state index in [1.54, 1.807) is 7.11 Å². The number of methoxy groups -OCH3 is 1. The molecule has 0 heterocycles. The Morgan fingerprint density at radius 3 is 2.25 bits per heavy atom. The van der Waals surface area contributed by atoms with Crippen molar-refractivity contribution in [3.05, 3.63) is 59.2 Å². The number of quaternary nitrogens is 1. The number of nitrogens with one attached hydrogen (secondary N) is 3. The highest BCUT2D eigenvalue weighted by Gasteiger charge is 2.22. The maximum atomic E-state index is 12.4. The molecule has 28 heavy (non-hydrogen) atoms. The molecule has 150 valence electrons. The summed E-state index contributed by atoms with van der Waals surface area (Å²) in [6.07, 6.45) is 0. The molecule has 0 aliphatic carbocycles. The summed E-state index contributed by atoms with van der Waals surface area (Å²) < 4.78 is 5.16. The fourth-order valence-electron chi connectivity index (χ4n) is 2.96. The van der Waals surface area contributed by atoms with Crippen molar-refractivity contribution < 1.29 is 19.2 Å². The van der Waals surface area contributed by atoms with Gasteiger partial charge in [0.05, 0.1) is 20.7 Å². The number of carbonyl (C=O) groups excluding carboxylic acids is 2. The Labute approximate surface area is 166 Å². The van der Waals surface area contributed by atoms with Crippen LogP contribution in [0.15, 0.2) is 42.5 Å². The summed E-state index contributed by atoms with van der Waals surface area (Å²) >= 11 is 0. The van der Waals surface area contributed by atoms with Crippen LogP contribution in [-0.4, -0.2) is 38.6 Å². The molecule has 0 aliphatic heterocycles. The topological polar surface area (TPSA) is 71.9 Å². The number of rotatable bonds is 8. The first kappa shape index (κ1) is 21.4. The SMILES string of the molecule is COc1ccc(C[NH+](C)[C@@H](C)C(=O)NCC(=O)Nc2c(C)cccc2C)cc1. The van der Waals surface area contributed by atoms with E-state index in [0.29, 0.717) is 6.54 Å². The summed E-state index contributed by atoms with van der Waals surface area (Å²) in [6, 6.07) is 13.4. The van der Waals surface area contributed by atoms with Gasteiger partial charge in [-0.15, -0.1) is 0 Å². The molecule has 0 saturated heterocycles. The first-order chi connectivity index (χ1) is 13.3. The molecule has 2 amide bonds. The monoisotopic (exact) mass is 384 g/mol. The number of carbonyl (C=O) groups is 2.